The number of carbonyl (C=O) groups excluding carboxylic acids is 9. The predicted molar refractivity (Wildman–Crippen MR) is 326 cm³/mol. The number of benzene rings is 4. The van der Waals surface area contributed by atoms with Crippen molar-refractivity contribution in [1.29, 1.82) is 0 Å². The number of rotatable bonds is 12. The Labute approximate surface area is 501 Å². The summed E-state index contributed by atoms with van der Waals surface area (Å²) < 4.78 is 6.03. The van der Waals surface area contributed by atoms with E-state index in [0.29, 0.717) is 30.4 Å². The fourth-order valence-corrected chi connectivity index (χ4v) is 11.4. The van der Waals surface area contributed by atoms with Crippen LogP contribution in [-0.2, 0) is 60.7 Å². The predicted octanol–water partition coefficient (Wildman–Crippen LogP) is 5.92. The van der Waals surface area contributed by atoms with Crippen LogP contribution < -0.4 is 16.0 Å². The molecule has 4 N–H and O–H groups in total. The van der Waals surface area contributed by atoms with Gasteiger partial charge in [0.15, 0.2) is 12.1 Å². The number of nitrogens with one attached hydrogen (secondary N) is 3. The van der Waals surface area contributed by atoms with Crippen LogP contribution in [0.3, 0.4) is 0 Å². The largest absolute Gasteiger partial charge is 0.450 e. The Morgan fingerprint density at radius 1 is 0.600 bits per heavy atom. The Kier molecular flexibility index (Phi) is 22.6. The summed E-state index contributed by atoms with van der Waals surface area (Å²) in [4.78, 5) is 140. The molecular formula is C66H90N8O11. The third kappa shape index (κ3) is 15.8. The van der Waals surface area contributed by atoms with Crippen molar-refractivity contribution in [3.8, 4) is 11.1 Å². The van der Waals surface area contributed by atoms with Gasteiger partial charge in [-0.3, -0.25) is 38.4 Å². The fourth-order valence-electron chi connectivity index (χ4n) is 11.4. The summed E-state index contributed by atoms with van der Waals surface area (Å²) in [5, 5.41) is 22.3. The molecule has 7 unspecified atom stereocenters. The molecule has 19 heteroatoms. The van der Waals surface area contributed by atoms with Gasteiger partial charge < -0.3 is 50.3 Å². The van der Waals surface area contributed by atoms with E-state index >= 15 is 9.59 Å². The third-order valence-electron chi connectivity index (χ3n) is 17.3. The molecule has 0 aromatic heterocycles. The average molecular weight is 1170 g/mol. The van der Waals surface area contributed by atoms with Crippen LogP contribution in [0.4, 0.5) is 0 Å². The SMILES string of the molecule is CCC(C)C1NC(=O)[C@@H]2CCCN2C(=O)C(Cc2cccc(-c3cccc4ccccc34)c2)N(C)C(=O)C(Cc2ccccc2)NC(=O)[C@H](C)N(C)C(=O)C([C@H](C)CC)OC(=O)C(C(C)(C)O)N(C)C(=O)C(CC(C)C)NC(=O)[C@H](C)N(C)C1=O. The number of aliphatic hydroxyl groups is 1. The van der Waals surface area contributed by atoms with Crippen LogP contribution in [0.5, 0.6) is 0 Å². The number of cyclic esters (lactones) is 1. The minimum Gasteiger partial charge on any atom is -0.450 e. The molecule has 2 fully saturated rings. The lowest BCUT2D eigenvalue weighted by Gasteiger charge is -2.39. The fraction of sp³-hybridized carbons (Fsp3) is 0.530. The zero-order chi connectivity index (χ0) is 62.8. The summed E-state index contributed by atoms with van der Waals surface area (Å²) in [6, 6.07) is 20.5. The third-order valence-corrected chi connectivity index (χ3v) is 17.3. The Bertz CT molecular complexity index is 3050. The van der Waals surface area contributed by atoms with Crippen molar-refractivity contribution < 1.29 is 53.0 Å². The molecule has 4 aromatic carbocycles. The van der Waals surface area contributed by atoms with Crippen molar-refractivity contribution in [2.45, 2.75) is 174 Å². The van der Waals surface area contributed by atoms with Crippen LogP contribution >= 0.6 is 0 Å². The topological polar surface area (TPSA) is 235 Å². The molecule has 2 saturated heterocycles. The van der Waals surface area contributed by atoms with Gasteiger partial charge in [-0.05, 0) is 98.2 Å². The highest BCUT2D eigenvalue weighted by atomic mass is 16.6. The Morgan fingerprint density at radius 2 is 1.16 bits per heavy atom. The number of nitrogens with zero attached hydrogens (tertiary/aromatic N) is 5. The van der Waals surface area contributed by atoms with Crippen LogP contribution in [0.1, 0.15) is 112 Å². The molecule has 6 rings (SSSR count). The van der Waals surface area contributed by atoms with Crippen molar-refractivity contribution in [1.82, 2.24) is 40.4 Å². The van der Waals surface area contributed by atoms with Crippen molar-refractivity contribution in [2.75, 3.05) is 34.7 Å². The van der Waals surface area contributed by atoms with Crippen LogP contribution in [0.2, 0.25) is 0 Å². The summed E-state index contributed by atoms with van der Waals surface area (Å²) in [6.07, 6.45) is -0.0373. The normalized spacial score (nSPS) is 25.3. The van der Waals surface area contributed by atoms with E-state index in [2.05, 4.69) is 16.0 Å². The first-order chi connectivity index (χ1) is 40.1. The van der Waals surface area contributed by atoms with Gasteiger partial charge in [0.1, 0.15) is 42.3 Å². The van der Waals surface area contributed by atoms with Gasteiger partial charge in [-0.15, -0.1) is 0 Å². The van der Waals surface area contributed by atoms with Gasteiger partial charge in [-0.25, -0.2) is 4.79 Å². The molecular weight excluding hydrogens is 1080 g/mol. The minimum absolute atomic E-state index is 0.00759. The molecule has 8 amide bonds. The number of likely N-dealkylation sites (N-methyl/N-ethyl adjacent to an activating group) is 4. The molecule has 0 saturated carbocycles. The van der Waals surface area contributed by atoms with E-state index in [1.165, 1.54) is 70.6 Å². The van der Waals surface area contributed by atoms with Gasteiger partial charge in [-0.2, -0.15) is 0 Å². The molecule has 4 aromatic rings. The molecule has 460 valence electrons. The molecule has 11 atom stereocenters. The van der Waals surface area contributed by atoms with Crippen LogP contribution in [0.15, 0.2) is 97.1 Å². The van der Waals surface area contributed by atoms with Crippen LogP contribution in [-0.4, -0.2) is 178 Å². The molecule has 0 spiro atoms. The van der Waals surface area contributed by atoms with Gasteiger partial charge in [0.2, 0.25) is 41.4 Å². The van der Waals surface area contributed by atoms with E-state index in [9.17, 15) is 38.7 Å². The van der Waals surface area contributed by atoms with Gasteiger partial charge in [-0.1, -0.05) is 145 Å². The number of carbonyl (C=O) groups is 9. The van der Waals surface area contributed by atoms with E-state index in [1.807, 2.05) is 93.6 Å². The summed E-state index contributed by atoms with van der Waals surface area (Å²) in [5.74, 6) is -7.78. The van der Waals surface area contributed by atoms with Crippen LogP contribution in [0, 0.1) is 17.8 Å². The molecule has 19 nitrogen and oxygen atoms in total. The number of fused-ring (bicyclic) bond motifs is 2. The van der Waals surface area contributed by atoms with Gasteiger partial charge >= 0.3 is 5.97 Å². The van der Waals surface area contributed by atoms with Crippen LogP contribution in [0.25, 0.3) is 21.9 Å². The van der Waals surface area contributed by atoms with Crippen molar-refractivity contribution >= 4 is 64.0 Å². The Morgan fingerprint density at radius 3 is 1.79 bits per heavy atom. The van der Waals surface area contributed by atoms with E-state index in [-0.39, 0.29) is 38.1 Å². The lowest BCUT2D eigenvalue weighted by molar-refractivity contribution is -0.177. The number of ether oxygens (including phenoxy) is 1. The number of hydrogen-bond donors (Lipinski definition) is 4. The molecule has 0 bridgehead atoms. The average Bonchev–Trinajstić information content (AvgIpc) is 3.40. The highest BCUT2D eigenvalue weighted by Crippen LogP contribution is 2.31. The molecule has 2 heterocycles. The van der Waals surface area contributed by atoms with Gasteiger partial charge in [0.25, 0.3) is 5.91 Å². The van der Waals surface area contributed by atoms with E-state index in [4.69, 9.17) is 4.74 Å². The molecule has 2 aliphatic rings. The zero-order valence-electron chi connectivity index (χ0n) is 52.1. The summed E-state index contributed by atoms with van der Waals surface area (Å²) in [5.41, 5.74) is 1.25. The first kappa shape index (κ1) is 66.5. The first-order valence-corrected chi connectivity index (χ1v) is 29.9. The van der Waals surface area contributed by atoms with Gasteiger partial charge in [0, 0.05) is 53.5 Å². The standard InChI is InChI=1S/C66H90N8O11/c1-15-40(5)54-63(81)70(11)42(7)57(75)67-50(35-39(3)4)61(79)73(14)56(66(9,10)84)65(83)85-55(41(6)16-2)64(82)71(12)43(8)58(76)68-51(37-44-25-18-17-19-26-44)60(78)72(13)53(62(80)74-34-24-33-52(74)59(77)69-54)38-45-27-22-30-47(36-45)49-32-23-29-46-28-20-21-31-48(46)49/h17-23,25-32,36,39-43,50-56,84H,15-16,24,33-35,37-38H2,1-14H3,(H,67,75)(H,68,76)(H,69,77)/t40?,41-,42+,43+,50?,51?,52+,53?,54?,55?,56?/m1/s1. The summed E-state index contributed by atoms with van der Waals surface area (Å²) >= 11 is 0. The molecule has 2 aliphatic heterocycles. The lowest BCUT2D eigenvalue weighted by atomic mass is 9.94. The molecule has 0 aliphatic carbocycles. The van der Waals surface area contributed by atoms with E-state index in [0.717, 1.165) is 31.7 Å². The summed E-state index contributed by atoms with van der Waals surface area (Å²) in [6.45, 7) is 16.5. The number of esters is 1. The van der Waals surface area contributed by atoms with Gasteiger partial charge in [0.05, 0.1) is 5.60 Å². The second kappa shape index (κ2) is 28.9. The maximum Gasteiger partial charge on any atom is 0.332 e. The zero-order valence-corrected chi connectivity index (χ0v) is 52.1. The van der Waals surface area contributed by atoms with Crippen molar-refractivity contribution in [2.24, 2.45) is 17.8 Å². The second-order valence-electron chi connectivity index (χ2n) is 24.4. The number of amides is 8. The lowest BCUT2D eigenvalue weighted by Crippen LogP contribution is -2.62. The summed E-state index contributed by atoms with van der Waals surface area (Å²) in [7, 11) is 5.58. The first-order valence-electron chi connectivity index (χ1n) is 29.9. The highest BCUT2D eigenvalue weighted by Gasteiger charge is 2.47. The van der Waals surface area contributed by atoms with E-state index in [1.54, 1.807) is 45.0 Å². The van der Waals surface area contributed by atoms with E-state index < -0.39 is 125 Å². The quantitative estimate of drug-likeness (QED) is 0.122. The van der Waals surface area contributed by atoms with Crippen molar-refractivity contribution in [3.05, 3.63) is 108 Å². The number of hydrogen-bond acceptors (Lipinski definition) is 11. The van der Waals surface area contributed by atoms with Crippen molar-refractivity contribution in [3.63, 3.8) is 0 Å². The minimum atomic E-state index is -1.97. The maximum atomic E-state index is 15.6. The second-order valence-corrected chi connectivity index (χ2v) is 24.4. The molecule has 0 radical (unpaired) electrons. The Hall–Kier alpha value is -7.67. The maximum absolute atomic E-state index is 15.6. The monoisotopic (exact) mass is 1170 g/mol. The highest BCUT2D eigenvalue weighted by molar-refractivity contribution is 6.00. The Balaban J connectivity index is 1.48. The molecule has 85 heavy (non-hydrogen) atoms. The smallest absolute Gasteiger partial charge is 0.332 e.